The van der Waals surface area contributed by atoms with Crippen LogP contribution in [0.3, 0.4) is 0 Å². The maximum Gasteiger partial charge on any atom is 0.339 e. The summed E-state index contributed by atoms with van der Waals surface area (Å²) in [4.78, 5) is 13.2. The normalized spacial score (nSPS) is 11.0. The molecule has 0 radical (unpaired) electrons. The predicted octanol–water partition coefficient (Wildman–Crippen LogP) is 2.06. The van der Waals surface area contributed by atoms with Crippen molar-refractivity contribution in [2.75, 3.05) is 7.05 Å². The molecule has 0 saturated carbocycles. The van der Waals surface area contributed by atoms with E-state index in [0.717, 1.165) is 6.54 Å². The molecular weight excluding hydrogens is 254 g/mol. The van der Waals surface area contributed by atoms with E-state index in [2.05, 4.69) is 35.1 Å². The quantitative estimate of drug-likeness (QED) is 0.906. The maximum absolute atomic E-state index is 11.1. The number of carbonyl (C=O) groups is 1. The minimum Gasteiger partial charge on any atom is -0.478 e. The van der Waals surface area contributed by atoms with Gasteiger partial charge in [-0.25, -0.2) is 4.79 Å². The van der Waals surface area contributed by atoms with Gasteiger partial charge in [-0.05, 0) is 19.5 Å². The fourth-order valence-electron chi connectivity index (χ4n) is 2.26. The minimum absolute atomic E-state index is 0.267. The minimum atomic E-state index is -0.933. The molecule has 0 atom stereocenters. The third kappa shape index (κ3) is 3.24. The van der Waals surface area contributed by atoms with Crippen LogP contribution in [0.2, 0.25) is 0 Å². The number of hydrogen-bond acceptors (Lipinski definition) is 3. The van der Waals surface area contributed by atoms with Crippen LogP contribution >= 0.6 is 0 Å². The number of aromatic carboxylic acids is 1. The van der Waals surface area contributed by atoms with Crippen molar-refractivity contribution in [1.29, 1.82) is 0 Å². The molecule has 106 valence electrons. The molecule has 0 bridgehead atoms. The monoisotopic (exact) mass is 273 g/mol. The van der Waals surface area contributed by atoms with Crippen molar-refractivity contribution in [2.45, 2.75) is 20.0 Å². The Labute approximate surface area is 118 Å². The molecule has 5 heteroatoms. The number of carboxylic acid groups (broad SMARTS) is 1. The van der Waals surface area contributed by atoms with Gasteiger partial charge in [0.2, 0.25) is 0 Å². The van der Waals surface area contributed by atoms with E-state index in [0.29, 0.717) is 12.2 Å². The third-order valence-corrected chi connectivity index (χ3v) is 3.25. The molecule has 2 aromatic rings. The molecule has 5 nitrogen and oxygen atoms in total. The van der Waals surface area contributed by atoms with E-state index in [1.807, 2.05) is 13.1 Å². The fourth-order valence-corrected chi connectivity index (χ4v) is 2.26. The van der Waals surface area contributed by atoms with Gasteiger partial charge in [-0.2, -0.15) is 5.10 Å². The zero-order valence-corrected chi connectivity index (χ0v) is 12.0. The van der Waals surface area contributed by atoms with Crippen molar-refractivity contribution >= 4 is 5.97 Å². The molecule has 0 saturated heterocycles. The Hall–Kier alpha value is -2.14. The van der Waals surface area contributed by atoms with Crippen molar-refractivity contribution in [3.8, 4) is 0 Å². The number of rotatable bonds is 5. The molecule has 0 aliphatic carbocycles. The summed E-state index contributed by atoms with van der Waals surface area (Å²) in [6.45, 7) is 3.38. The molecule has 0 amide bonds. The van der Waals surface area contributed by atoms with Gasteiger partial charge in [0.1, 0.15) is 5.56 Å². The van der Waals surface area contributed by atoms with E-state index in [1.54, 1.807) is 11.7 Å². The second kappa shape index (κ2) is 5.88. The highest BCUT2D eigenvalue weighted by molar-refractivity contribution is 5.88. The summed E-state index contributed by atoms with van der Waals surface area (Å²) in [6.07, 6.45) is 1.40. The first-order valence-corrected chi connectivity index (χ1v) is 6.45. The SMILES string of the molecule is Cc1cccc(CN(C)Cc2c(C(=O)O)cnn2C)c1. The number of nitrogens with zero attached hydrogens (tertiary/aromatic N) is 3. The highest BCUT2D eigenvalue weighted by Crippen LogP contribution is 2.13. The molecule has 1 aromatic carbocycles. The van der Waals surface area contributed by atoms with Crippen LogP contribution in [0, 0.1) is 6.92 Å². The van der Waals surface area contributed by atoms with Crippen LogP contribution in [0.4, 0.5) is 0 Å². The van der Waals surface area contributed by atoms with E-state index in [-0.39, 0.29) is 5.56 Å². The molecule has 1 aromatic heterocycles. The standard InChI is InChI=1S/C15H19N3O2/c1-11-5-4-6-12(7-11)9-17(2)10-14-13(15(19)20)8-16-18(14)3/h4-8H,9-10H2,1-3H3,(H,19,20). The van der Waals surface area contributed by atoms with Crippen LogP contribution in [0.25, 0.3) is 0 Å². The topological polar surface area (TPSA) is 58.4 Å². The van der Waals surface area contributed by atoms with Crippen LogP contribution in [0.15, 0.2) is 30.5 Å². The summed E-state index contributed by atoms with van der Waals surface area (Å²) in [5, 5.41) is 13.2. The van der Waals surface area contributed by atoms with Gasteiger partial charge in [-0.15, -0.1) is 0 Å². The Morgan fingerprint density at radius 3 is 2.80 bits per heavy atom. The number of carboxylic acids is 1. The number of hydrogen-bond donors (Lipinski definition) is 1. The van der Waals surface area contributed by atoms with Gasteiger partial charge in [-0.3, -0.25) is 9.58 Å². The van der Waals surface area contributed by atoms with Crippen LogP contribution in [-0.4, -0.2) is 32.8 Å². The summed E-state index contributed by atoms with van der Waals surface area (Å²) in [5.74, 6) is -0.933. The lowest BCUT2D eigenvalue weighted by Gasteiger charge is -2.17. The Kier molecular flexibility index (Phi) is 4.20. The van der Waals surface area contributed by atoms with Crippen molar-refractivity contribution in [3.63, 3.8) is 0 Å². The smallest absolute Gasteiger partial charge is 0.339 e. The first-order valence-electron chi connectivity index (χ1n) is 6.45. The predicted molar refractivity (Wildman–Crippen MR) is 76.5 cm³/mol. The van der Waals surface area contributed by atoms with E-state index in [1.165, 1.54) is 17.3 Å². The van der Waals surface area contributed by atoms with Gasteiger partial charge in [0.25, 0.3) is 0 Å². The molecule has 0 aliphatic rings. The van der Waals surface area contributed by atoms with E-state index >= 15 is 0 Å². The van der Waals surface area contributed by atoms with E-state index < -0.39 is 5.97 Å². The molecule has 0 unspecified atom stereocenters. The summed E-state index contributed by atoms with van der Waals surface area (Å²) >= 11 is 0. The Bertz CT molecular complexity index is 619. The molecule has 0 fully saturated rings. The van der Waals surface area contributed by atoms with Gasteiger partial charge in [-0.1, -0.05) is 29.8 Å². The van der Waals surface area contributed by atoms with Gasteiger partial charge in [0, 0.05) is 20.1 Å². The zero-order valence-electron chi connectivity index (χ0n) is 12.0. The maximum atomic E-state index is 11.1. The summed E-state index contributed by atoms with van der Waals surface area (Å²) in [5.41, 5.74) is 3.42. The largest absolute Gasteiger partial charge is 0.478 e. The molecule has 2 rings (SSSR count). The van der Waals surface area contributed by atoms with Crippen LogP contribution in [0.1, 0.15) is 27.2 Å². The lowest BCUT2D eigenvalue weighted by atomic mass is 10.1. The van der Waals surface area contributed by atoms with E-state index in [9.17, 15) is 4.79 Å². The molecular formula is C15H19N3O2. The molecule has 1 N–H and O–H groups in total. The molecule has 20 heavy (non-hydrogen) atoms. The Balaban J connectivity index is 2.10. The van der Waals surface area contributed by atoms with Crippen molar-refractivity contribution in [3.05, 3.63) is 52.8 Å². The number of aromatic nitrogens is 2. The summed E-state index contributed by atoms with van der Waals surface area (Å²) < 4.78 is 1.62. The number of benzene rings is 1. The fraction of sp³-hybridized carbons (Fsp3) is 0.333. The lowest BCUT2D eigenvalue weighted by molar-refractivity contribution is 0.0694. The van der Waals surface area contributed by atoms with Crippen LogP contribution in [0.5, 0.6) is 0 Å². The molecule has 0 spiro atoms. The van der Waals surface area contributed by atoms with Gasteiger partial charge >= 0.3 is 5.97 Å². The lowest BCUT2D eigenvalue weighted by Crippen LogP contribution is -2.20. The molecule has 0 aliphatic heterocycles. The van der Waals surface area contributed by atoms with Crippen LogP contribution < -0.4 is 0 Å². The third-order valence-electron chi connectivity index (χ3n) is 3.25. The highest BCUT2D eigenvalue weighted by atomic mass is 16.4. The average molecular weight is 273 g/mol. The van der Waals surface area contributed by atoms with Crippen molar-refractivity contribution < 1.29 is 9.90 Å². The summed E-state index contributed by atoms with van der Waals surface area (Å²) in [7, 11) is 3.74. The number of aryl methyl sites for hydroxylation is 2. The average Bonchev–Trinajstić information content (AvgIpc) is 2.71. The van der Waals surface area contributed by atoms with E-state index in [4.69, 9.17) is 5.11 Å². The zero-order chi connectivity index (χ0) is 14.7. The first kappa shape index (κ1) is 14.3. The Morgan fingerprint density at radius 1 is 1.40 bits per heavy atom. The van der Waals surface area contributed by atoms with Gasteiger partial charge in [0.15, 0.2) is 0 Å². The summed E-state index contributed by atoms with van der Waals surface area (Å²) in [6, 6.07) is 8.31. The van der Waals surface area contributed by atoms with Crippen molar-refractivity contribution in [2.24, 2.45) is 7.05 Å². The van der Waals surface area contributed by atoms with Gasteiger partial charge in [0.05, 0.1) is 11.9 Å². The van der Waals surface area contributed by atoms with Gasteiger partial charge < -0.3 is 5.11 Å². The highest BCUT2D eigenvalue weighted by Gasteiger charge is 2.16. The second-order valence-corrected chi connectivity index (χ2v) is 5.10. The first-order chi connectivity index (χ1) is 9.47. The second-order valence-electron chi connectivity index (χ2n) is 5.10. The Morgan fingerprint density at radius 2 is 2.15 bits per heavy atom. The van der Waals surface area contributed by atoms with Crippen LogP contribution in [-0.2, 0) is 20.1 Å². The van der Waals surface area contributed by atoms with Crippen molar-refractivity contribution in [1.82, 2.24) is 14.7 Å². The molecule has 1 heterocycles.